The summed E-state index contributed by atoms with van der Waals surface area (Å²) in [6.07, 6.45) is 4.51. The van der Waals surface area contributed by atoms with Crippen molar-refractivity contribution in [2.24, 2.45) is 0 Å². The van der Waals surface area contributed by atoms with Gasteiger partial charge in [-0.3, -0.25) is 4.79 Å². The van der Waals surface area contributed by atoms with Crippen LogP contribution in [0, 0.1) is 0 Å². The van der Waals surface area contributed by atoms with E-state index in [1.807, 2.05) is 48.7 Å². The van der Waals surface area contributed by atoms with Crippen LogP contribution in [0.1, 0.15) is 48.8 Å². The molecule has 1 amide bonds. The van der Waals surface area contributed by atoms with Crippen molar-refractivity contribution in [2.75, 3.05) is 6.54 Å². The average molecular weight is 427 g/mol. The number of H-pyrrole nitrogens is 1. The van der Waals surface area contributed by atoms with Crippen LogP contribution < -0.4 is 10.1 Å². The van der Waals surface area contributed by atoms with Crippen molar-refractivity contribution in [3.05, 3.63) is 102 Å². The first-order chi connectivity index (χ1) is 15.7. The van der Waals surface area contributed by atoms with E-state index in [0.717, 1.165) is 52.7 Å². The van der Waals surface area contributed by atoms with Crippen LogP contribution in [-0.4, -0.2) is 17.4 Å². The number of unbranched alkanes of at least 4 members (excludes halogenated alkanes) is 1. The predicted octanol–water partition coefficient (Wildman–Crippen LogP) is 6.19. The lowest BCUT2D eigenvalue weighted by molar-refractivity contribution is -0.121. The predicted molar refractivity (Wildman–Crippen MR) is 130 cm³/mol. The molecule has 0 aliphatic carbocycles. The van der Waals surface area contributed by atoms with E-state index in [2.05, 4.69) is 53.6 Å². The number of fused-ring (bicyclic) bond motifs is 1. The highest BCUT2D eigenvalue weighted by atomic mass is 16.5. The van der Waals surface area contributed by atoms with Crippen LogP contribution in [0.2, 0.25) is 0 Å². The molecule has 2 N–H and O–H groups in total. The molecule has 0 saturated carbocycles. The number of aromatic nitrogens is 1. The summed E-state index contributed by atoms with van der Waals surface area (Å²) < 4.78 is 5.95. The zero-order valence-electron chi connectivity index (χ0n) is 18.5. The molecule has 0 saturated heterocycles. The molecule has 0 aliphatic rings. The van der Waals surface area contributed by atoms with Gasteiger partial charge in [0.25, 0.3) is 0 Å². The van der Waals surface area contributed by atoms with E-state index in [1.165, 1.54) is 0 Å². The third-order valence-electron chi connectivity index (χ3n) is 5.77. The van der Waals surface area contributed by atoms with Gasteiger partial charge < -0.3 is 15.0 Å². The maximum Gasteiger partial charge on any atom is 0.220 e. The Balaban J connectivity index is 1.54. The highest BCUT2D eigenvalue weighted by Crippen LogP contribution is 2.34. The summed E-state index contributed by atoms with van der Waals surface area (Å²) in [4.78, 5) is 16.1. The summed E-state index contributed by atoms with van der Waals surface area (Å²) in [7, 11) is 0. The number of hydrogen-bond acceptors (Lipinski definition) is 2. The zero-order chi connectivity index (χ0) is 22.2. The Morgan fingerprint density at radius 3 is 2.50 bits per heavy atom. The van der Waals surface area contributed by atoms with E-state index in [1.54, 1.807) is 0 Å². The second-order valence-corrected chi connectivity index (χ2v) is 8.09. The summed E-state index contributed by atoms with van der Waals surface area (Å²) in [5.74, 6) is 0.872. The molecule has 164 valence electrons. The Kier molecular flexibility index (Phi) is 7.23. The normalized spacial score (nSPS) is 11.9. The number of carbonyl (C=O) groups is 1. The van der Waals surface area contributed by atoms with Gasteiger partial charge in [-0.05, 0) is 41.3 Å². The number of amides is 1. The Hall–Kier alpha value is -3.53. The van der Waals surface area contributed by atoms with Gasteiger partial charge in [-0.15, -0.1) is 0 Å². The molecule has 0 radical (unpaired) electrons. The maximum absolute atomic E-state index is 12.7. The second-order valence-electron chi connectivity index (χ2n) is 8.09. The van der Waals surface area contributed by atoms with Crippen LogP contribution in [0.5, 0.6) is 5.75 Å². The molecule has 4 nitrogen and oxygen atoms in total. The fraction of sp³-hybridized carbons (Fsp3) is 0.250. The van der Waals surface area contributed by atoms with E-state index in [-0.39, 0.29) is 11.8 Å². The molecule has 0 fully saturated rings. The second kappa shape index (κ2) is 10.7. The van der Waals surface area contributed by atoms with E-state index in [0.29, 0.717) is 13.0 Å². The summed E-state index contributed by atoms with van der Waals surface area (Å²) in [5.41, 5.74) is 4.47. The molecule has 32 heavy (non-hydrogen) atoms. The molecular weight excluding hydrogens is 396 g/mol. The molecule has 1 heterocycles. The Bertz CT molecular complexity index is 1130. The van der Waals surface area contributed by atoms with Gasteiger partial charge in [0.2, 0.25) is 5.91 Å². The largest absolute Gasteiger partial charge is 0.489 e. The lowest BCUT2D eigenvalue weighted by Crippen LogP contribution is -2.26. The minimum Gasteiger partial charge on any atom is -0.489 e. The van der Waals surface area contributed by atoms with Crippen molar-refractivity contribution >= 4 is 16.8 Å². The summed E-state index contributed by atoms with van der Waals surface area (Å²) in [5, 5.41) is 4.23. The number of hydrogen-bond donors (Lipinski definition) is 2. The molecular formula is C28H30N2O2. The molecule has 4 rings (SSSR count). The summed E-state index contributed by atoms with van der Waals surface area (Å²) >= 11 is 0. The third-order valence-corrected chi connectivity index (χ3v) is 5.77. The summed E-state index contributed by atoms with van der Waals surface area (Å²) in [6, 6.07) is 26.5. The van der Waals surface area contributed by atoms with Gasteiger partial charge in [-0.2, -0.15) is 0 Å². The standard InChI is InChI=1S/C28H30N2O2/c1-2-3-17-29-28(31)18-25(26-19-30-27-12-8-7-11-24(26)27)22-13-15-23(16-14-22)32-20-21-9-5-4-6-10-21/h4-16,19,25,30H,2-3,17-18,20H2,1H3,(H,29,31)/t25-/m0/s1. The first-order valence-electron chi connectivity index (χ1n) is 11.3. The van der Waals surface area contributed by atoms with Crippen LogP contribution in [0.25, 0.3) is 10.9 Å². The van der Waals surface area contributed by atoms with Crippen LogP contribution in [0.3, 0.4) is 0 Å². The highest BCUT2D eigenvalue weighted by molar-refractivity contribution is 5.86. The molecule has 1 atom stereocenters. The number of ether oxygens (including phenoxy) is 1. The molecule has 0 aliphatic heterocycles. The zero-order valence-corrected chi connectivity index (χ0v) is 18.5. The van der Waals surface area contributed by atoms with Gasteiger partial charge in [0.1, 0.15) is 12.4 Å². The van der Waals surface area contributed by atoms with E-state index in [4.69, 9.17) is 4.74 Å². The first-order valence-corrected chi connectivity index (χ1v) is 11.3. The van der Waals surface area contributed by atoms with Crippen LogP contribution in [0.4, 0.5) is 0 Å². The van der Waals surface area contributed by atoms with Crippen molar-refractivity contribution in [3.8, 4) is 5.75 Å². The van der Waals surface area contributed by atoms with Gasteiger partial charge in [0.15, 0.2) is 0 Å². The van der Waals surface area contributed by atoms with Gasteiger partial charge in [-0.1, -0.05) is 74.0 Å². The van der Waals surface area contributed by atoms with E-state index in [9.17, 15) is 4.79 Å². The van der Waals surface area contributed by atoms with Gasteiger partial charge >= 0.3 is 0 Å². The fourth-order valence-corrected chi connectivity index (χ4v) is 3.99. The van der Waals surface area contributed by atoms with E-state index >= 15 is 0 Å². The quantitative estimate of drug-likeness (QED) is 0.297. The number of rotatable bonds is 10. The highest BCUT2D eigenvalue weighted by Gasteiger charge is 2.21. The molecule has 3 aromatic carbocycles. The Labute approximate surface area is 189 Å². The van der Waals surface area contributed by atoms with Crippen molar-refractivity contribution in [1.29, 1.82) is 0 Å². The van der Waals surface area contributed by atoms with Crippen LogP contribution in [-0.2, 0) is 11.4 Å². The van der Waals surface area contributed by atoms with Crippen molar-refractivity contribution < 1.29 is 9.53 Å². The number of aromatic amines is 1. The number of carbonyl (C=O) groups excluding carboxylic acids is 1. The Morgan fingerprint density at radius 2 is 1.72 bits per heavy atom. The summed E-state index contributed by atoms with van der Waals surface area (Å²) in [6.45, 7) is 3.39. The minimum atomic E-state index is -0.0315. The maximum atomic E-state index is 12.7. The molecule has 0 unspecified atom stereocenters. The number of nitrogens with one attached hydrogen (secondary N) is 2. The Morgan fingerprint density at radius 1 is 0.969 bits per heavy atom. The van der Waals surface area contributed by atoms with Crippen molar-refractivity contribution in [2.45, 2.75) is 38.7 Å². The number of para-hydroxylation sites is 1. The van der Waals surface area contributed by atoms with Crippen LogP contribution >= 0.6 is 0 Å². The van der Waals surface area contributed by atoms with Crippen LogP contribution in [0.15, 0.2) is 85.1 Å². The lowest BCUT2D eigenvalue weighted by atomic mass is 9.88. The molecule has 4 aromatic rings. The monoisotopic (exact) mass is 426 g/mol. The third kappa shape index (κ3) is 5.38. The van der Waals surface area contributed by atoms with E-state index < -0.39 is 0 Å². The molecule has 1 aromatic heterocycles. The average Bonchev–Trinajstić information content (AvgIpc) is 3.26. The van der Waals surface area contributed by atoms with Crippen molar-refractivity contribution in [3.63, 3.8) is 0 Å². The smallest absolute Gasteiger partial charge is 0.220 e. The topological polar surface area (TPSA) is 54.1 Å². The van der Waals surface area contributed by atoms with Gasteiger partial charge in [0, 0.05) is 36.0 Å². The molecule has 0 spiro atoms. The SMILES string of the molecule is CCCCNC(=O)C[C@@H](c1ccc(OCc2ccccc2)cc1)c1c[nH]c2ccccc12. The molecule has 4 heteroatoms. The van der Waals surface area contributed by atoms with Crippen molar-refractivity contribution in [1.82, 2.24) is 10.3 Å². The first kappa shape index (κ1) is 21.7. The van der Waals surface area contributed by atoms with Gasteiger partial charge in [0.05, 0.1) is 0 Å². The minimum absolute atomic E-state index is 0.0315. The fourth-order valence-electron chi connectivity index (χ4n) is 3.99. The van der Waals surface area contributed by atoms with Gasteiger partial charge in [-0.25, -0.2) is 0 Å². The lowest BCUT2D eigenvalue weighted by Gasteiger charge is -2.18. The molecule has 0 bridgehead atoms. The number of benzene rings is 3.